The molecule has 5 heteroatoms. The first-order valence-corrected chi connectivity index (χ1v) is 6.69. The SMILES string of the molecule is CC(C)(CC(=O)O)CC(N)c1sccc1Br. The van der Waals surface area contributed by atoms with Crippen molar-refractivity contribution in [3.8, 4) is 0 Å². The molecule has 0 aliphatic rings. The Bertz CT molecular complexity index is 376. The number of rotatable bonds is 5. The molecule has 1 unspecified atom stereocenters. The van der Waals surface area contributed by atoms with Crippen molar-refractivity contribution in [3.63, 3.8) is 0 Å². The molecule has 0 fully saturated rings. The first-order valence-electron chi connectivity index (χ1n) is 5.02. The lowest BCUT2D eigenvalue weighted by Crippen LogP contribution is -2.23. The van der Waals surface area contributed by atoms with Gasteiger partial charge in [0.15, 0.2) is 0 Å². The molecule has 3 nitrogen and oxygen atoms in total. The van der Waals surface area contributed by atoms with E-state index in [0.717, 1.165) is 9.35 Å². The van der Waals surface area contributed by atoms with Crippen molar-refractivity contribution in [2.45, 2.75) is 32.7 Å². The molecule has 90 valence electrons. The second-order valence-electron chi connectivity index (χ2n) is 4.68. The lowest BCUT2D eigenvalue weighted by molar-refractivity contribution is -0.139. The molecule has 3 N–H and O–H groups in total. The third-order valence-corrected chi connectivity index (χ3v) is 4.39. The molecule has 1 aromatic rings. The van der Waals surface area contributed by atoms with E-state index in [9.17, 15) is 4.79 Å². The highest BCUT2D eigenvalue weighted by atomic mass is 79.9. The van der Waals surface area contributed by atoms with E-state index in [4.69, 9.17) is 10.8 Å². The van der Waals surface area contributed by atoms with Gasteiger partial charge in [-0.3, -0.25) is 4.79 Å². The van der Waals surface area contributed by atoms with E-state index in [0.29, 0.717) is 6.42 Å². The van der Waals surface area contributed by atoms with Crippen LogP contribution in [0.25, 0.3) is 0 Å². The molecule has 0 aromatic carbocycles. The van der Waals surface area contributed by atoms with Crippen LogP contribution in [0.2, 0.25) is 0 Å². The predicted octanol–water partition coefficient (Wildman–Crippen LogP) is 3.40. The maximum atomic E-state index is 10.7. The second kappa shape index (κ2) is 5.29. The minimum atomic E-state index is -0.776. The van der Waals surface area contributed by atoms with Gasteiger partial charge in [0.25, 0.3) is 0 Å². The van der Waals surface area contributed by atoms with E-state index in [1.165, 1.54) is 0 Å². The summed E-state index contributed by atoms with van der Waals surface area (Å²) in [6, 6.07) is 1.85. The summed E-state index contributed by atoms with van der Waals surface area (Å²) >= 11 is 5.04. The van der Waals surface area contributed by atoms with E-state index in [2.05, 4.69) is 15.9 Å². The summed E-state index contributed by atoms with van der Waals surface area (Å²) < 4.78 is 1.01. The minimum absolute atomic E-state index is 0.108. The Kier molecular flexibility index (Phi) is 4.52. The summed E-state index contributed by atoms with van der Waals surface area (Å²) in [4.78, 5) is 11.8. The van der Waals surface area contributed by atoms with E-state index in [-0.39, 0.29) is 17.9 Å². The van der Waals surface area contributed by atoms with Crippen molar-refractivity contribution in [1.82, 2.24) is 0 Å². The largest absolute Gasteiger partial charge is 0.481 e. The summed E-state index contributed by atoms with van der Waals surface area (Å²) in [7, 11) is 0. The summed E-state index contributed by atoms with van der Waals surface area (Å²) in [5, 5.41) is 10.8. The highest BCUT2D eigenvalue weighted by Gasteiger charge is 2.26. The van der Waals surface area contributed by atoms with Crippen LogP contribution in [0.5, 0.6) is 0 Å². The fourth-order valence-corrected chi connectivity index (χ4v) is 3.41. The third kappa shape index (κ3) is 3.88. The smallest absolute Gasteiger partial charge is 0.303 e. The van der Waals surface area contributed by atoms with Crippen LogP contribution < -0.4 is 5.73 Å². The Morgan fingerprint density at radius 1 is 1.69 bits per heavy atom. The number of aliphatic carboxylic acids is 1. The Balaban J connectivity index is 2.67. The molecule has 0 aliphatic heterocycles. The predicted molar refractivity (Wildman–Crippen MR) is 69.6 cm³/mol. The Morgan fingerprint density at radius 3 is 2.75 bits per heavy atom. The van der Waals surface area contributed by atoms with Crippen molar-refractivity contribution in [2.75, 3.05) is 0 Å². The summed E-state index contributed by atoms with van der Waals surface area (Å²) in [5.41, 5.74) is 5.81. The molecule has 0 bridgehead atoms. The van der Waals surface area contributed by atoms with Gasteiger partial charge >= 0.3 is 5.97 Å². The van der Waals surface area contributed by atoms with Gasteiger partial charge in [0.05, 0.1) is 6.42 Å². The Morgan fingerprint density at radius 2 is 2.31 bits per heavy atom. The average molecular weight is 306 g/mol. The standard InChI is InChI=1S/C11H16BrNO2S/c1-11(2,6-9(14)15)5-8(13)10-7(12)3-4-16-10/h3-4,8H,5-6,13H2,1-2H3,(H,14,15). The van der Waals surface area contributed by atoms with Gasteiger partial charge in [-0.25, -0.2) is 0 Å². The first-order chi connectivity index (χ1) is 7.32. The number of nitrogens with two attached hydrogens (primary N) is 1. The van der Waals surface area contributed by atoms with Gasteiger partial charge in [-0.1, -0.05) is 13.8 Å². The van der Waals surface area contributed by atoms with Gasteiger partial charge in [0.2, 0.25) is 0 Å². The number of halogens is 1. The molecule has 1 aromatic heterocycles. The Hall–Kier alpha value is -0.390. The number of thiophene rings is 1. The molecule has 0 saturated carbocycles. The second-order valence-corrected chi connectivity index (χ2v) is 6.48. The van der Waals surface area contributed by atoms with E-state index in [1.807, 2.05) is 25.3 Å². The van der Waals surface area contributed by atoms with Gasteiger partial charge in [-0.05, 0) is 39.2 Å². The number of carbonyl (C=O) groups is 1. The molecular weight excluding hydrogens is 290 g/mol. The van der Waals surface area contributed by atoms with Crippen molar-refractivity contribution in [3.05, 3.63) is 20.8 Å². The third-order valence-electron chi connectivity index (χ3n) is 2.38. The van der Waals surface area contributed by atoms with Crippen LogP contribution in [0.3, 0.4) is 0 Å². The highest BCUT2D eigenvalue weighted by Crippen LogP contribution is 2.36. The van der Waals surface area contributed by atoms with E-state index >= 15 is 0 Å². The van der Waals surface area contributed by atoms with Crippen molar-refractivity contribution < 1.29 is 9.90 Å². The van der Waals surface area contributed by atoms with Gasteiger partial charge in [-0.15, -0.1) is 11.3 Å². The zero-order chi connectivity index (χ0) is 12.3. The topological polar surface area (TPSA) is 63.3 Å². The van der Waals surface area contributed by atoms with Crippen LogP contribution in [0.4, 0.5) is 0 Å². The fourth-order valence-electron chi connectivity index (χ4n) is 1.74. The van der Waals surface area contributed by atoms with E-state index < -0.39 is 5.97 Å². The maximum Gasteiger partial charge on any atom is 0.303 e. The molecule has 1 rings (SSSR count). The normalized spacial score (nSPS) is 13.8. The number of hydrogen-bond donors (Lipinski definition) is 2. The number of carboxylic acids is 1. The van der Waals surface area contributed by atoms with E-state index in [1.54, 1.807) is 11.3 Å². The zero-order valence-corrected chi connectivity index (χ0v) is 11.8. The lowest BCUT2D eigenvalue weighted by Gasteiger charge is -2.25. The highest BCUT2D eigenvalue weighted by molar-refractivity contribution is 9.10. The molecule has 0 radical (unpaired) electrons. The molecule has 1 atom stereocenters. The van der Waals surface area contributed by atoms with Crippen LogP contribution in [-0.2, 0) is 4.79 Å². The molecule has 0 amide bonds. The van der Waals surface area contributed by atoms with Crippen LogP contribution in [-0.4, -0.2) is 11.1 Å². The fraction of sp³-hybridized carbons (Fsp3) is 0.545. The zero-order valence-electron chi connectivity index (χ0n) is 9.37. The first kappa shape index (κ1) is 13.7. The van der Waals surface area contributed by atoms with Crippen molar-refractivity contribution >= 4 is 33.2 Å². The van der Waals surface area contributed by atoms with Gasteiger partial charge in [-0.2, -0.15) is 0 Å². The summed E-state index contributed by atoms with van der Waals surface area (Å²) in [5.74, 6) is -0.776. The van der Waals surface area contributed by atoms with Gasteiger partial charge in [0.1, 0.15) is 0 Å². The van der Waals surface area contributed by atoms with Crippen LogP contribution in [0, 0.1) is 5.41 Å². The van der Waals surface area contributed by atoms with Crippen molar-refractivity contribution in [2.24, 2.45) is 11.1 Å². The summed E-state index contributed by atoms with van der Waals surface area (Å²) in [6.45, 7) is 3.87. The lowest BCUT2D eigenvalue weighted by atomic mass is 9.82. The van der Waals surface area contributed by atoms with Crippen LogP contribution >= 0.6 is 27.3 Å². The Labute approximate surface area is 108 Å². The molecule has 16 heavy (non-hydrogen) atoms. The monoisotopic (exact) mass is 305 g/mol. The van der Waals surface area contributed by atoms with Crippen LogP contribution in [0.15, 0.2) is 15.9 Å². The van der Waals surface area contributed by atoms with Crippen molar-refractivity contribution in [1.29, 1.82) is 0 Å². The number of hydrogen-bond acceptors (Lipinski definition) is 3. The molecule has 0 aliphatic carbocycles. The molecular formula is C11H16BrNO2S. The van der Waals surface area contributed by atoms with Gasteiger partial charge in [0, 0.05) is 15.4 Å². The maximum absolute atomic E-state index is 10.7. The molecule has 1 heterocycles. The van der Waals surface area contributed by atoms with Crippen LogP contribution in [0.1, 0.15) is 37.6 Å². The summed E-state index contributed by atoms with van der Waals surface area (Å²) in [6.07, 6.45) is 0.808. The minimum Gasteiger partial charge on any atom is -0.481 e. The number of carboxylic acid groups (broad SMARTS) is 1. The van der Waals surface area contributed by atoms with Gasteiger partial charge < -0.3 is 10.8 Å². The molecule has 0 spiro atoms. The quantitative estimate of drug-likeness (QED) is 0.876. The average Bonchev–Trinajstić information content (AvgIpc) is 2.47. The molecule has 0 saturated heterocycles.